The molecule has 2 heterocycles. The molecule has 0 aliphatic carbocycles. The lowest BCUT2D eigenvalue weighted by molar-refractivity contribution is 0.0696. The summed E-state index contributed by atoms with van der Waals surface area (Å²) in [4.78, 5) is 14.2. The molecule has 1 aromatic heterocycles. The van der Waals surface area contributed by atoms with Crippen molar-refractivity contribution < 1.29 is 4.79 Å². The molecule has 1 atom stereocenters. The molecule has 1 unspecified atom stereocenters. The van der Waals surface area contributed by atoms with Gasteiger partial charge in [0.15, 0.2) is 0 Å². The van der Waals surface area contributed by atoms with E-state index in [1.54, 1.807) is 7.05 Å². The molecule has 1 aliphatic rings. The highest BCUT2D eigenvalue weighted by molar-refractivity contribution is 7.17. The summed E-state index contributed by atoms with van der Waals surface area (Å²) in [5.74, 6) is 0.0263. The predicted molar refractivity (Wildman–Crippen MR) is 68.4 cm³/mol. The number of carbonyl (C=O) groups excluding carboxylic acids is 1. The van der Waals surface area contributed by atoms with Crippen molar-refractivity contribution in [3.05, 3.63) is 5.01 Å². The van der Waals surface area contributed by atoms with E-state index in [-0.39, 0.29) is 5.91 Å². The molecule has 0 bridgehead atoms. The predicted octanol–water partition coefficient (Wildman–Crippen LogP) is 1.98. The van der Waals surface area contributed by atoms with Crippen molar-refractivity contribution in [2.75, 3.05) is 18.9 Å². The second-order valence-electron chi connectivity index (χ2n) is 4.36. The van der Waals surface area contributed by atoms with Crippen LogP contribution in [0.1, 0.15) is 42.4 Å². The van der Waals surface area contributed by atoms with Gasteiger partial charge in [-0.25, -0.2) is 0 Å². The van der Waals surface area contributed by atoms with Crippen LogP contribution >= 0.6 is 11.3 Å². The van der Waals surface area contributed by atoms with Gasteiger partial charge < -0.3 is 10.2 Å². The molecule has 0 saturated carbocycles. The van der Waals surface area contributed by atoms with Crippen LogP contribution in [0.5, 0.6) is 0 Å². The van der Waals surface area contributed by atoms with E-state index in [9.17, 15) is 4.79 Å². The Hall–Kier alpha value is -1.17. The lowest BCUT2D eigenvalue weighted by Crippen LogP contribution is -2.38. The van der Waals surface area contributed by atoms with Gasteiger partial charge in [-0.1, -0.05) is 24.2 Å². The number of rotatable bonds is 2. The smallest absolute Gasteiger partial charge is 0.285 e. The van der Waals surface area contributed by atoms with Gasteiger partial charge in [0.1, 0.15) is 0 Å². The van der Waals surface area contributed by atoms with Gasteiger partial charge in [-0.15, -0.1) is 10.2 Å². The first kappa shape index (κ1) is 12.3. The number of likely N-dealkylation sites (tertiary alicyclic amines) is 1. The molecule has 1 saturated heterocycles. The summed E-state index contributed by atoms with van der Waals surface area (Å²) in [5, 5.41) is 11.9. The van der Waals surface area contributed by atoms with E-state index in [0.717, 1.165) is 19.4 Å². The van der Waals surface area contributed by atoms with E-state index in [2.05, 4.69) is 22.4 Å². The number of nitrogens with one attached hydrogen (secondary N) is 1. The number of carbonyl (C=O) groups is 1. The Labute approximate surface area is 105 Å². The Kier molecular flexibility index (Phi) is 3.93. The molecular weight excluding hydrogens is 236 g/mol. The van der Waals surface area contributed by atoms with Crippen LogP contribution < -0.4 is 5.32 Å². The highest BCUT2D eigenvalue weighted by Crippen LogP contribution is 2.21. The van der Waals surface area contributed by atoms with Crippen molar-refractivity contribution in [2.45, 2.75) is 38.6 Å². The Bertz CT molecular complexity index is 393. The molecule has 5 nitrogen and oxygen atoms in total. The minimum Gasteiger partial charge on any atom is -0.363 e. The number of hydrogen-bond acceptors (Lipinski definition) is 5. The van der Waals surface area contributed by atoms with Crippen LogP contribution in [-0.2, 0) is 0 Å². The molecule has 17 heavy (non-hydrogen) atoms. The van der Waals surface area contributed by atoms with Crippen LogP contribution in [0, 0.1) is 0 Å². The van der Waals surface area contributed by atoms with Gasteiger partial charge in [0.25, 0.3) is 5.91 Å². The maximum atomic E-state index is 12.3. The first-order valence-electron chi connectivity index (χ1n) is 6.04. The van der Waals surface area contributed by atoms with Crippen molar-refractivity contribution in [3.8, 4) is 0 Å². The Morgan fingerprint density at radius 1 is 1.41 bits per heavy atom. The molecule has 0 aromatic carbocycles. The van der Waals surface area contributed by atoms with Crippen molar-refractivity contribution in [2.24, 2.45) is 0 Å². The van der Waals surface area contributed by atoms with Crippen LogP contribution in [0.2, 0.25) is 0 Å². The van der Waals surface area contributed by atoms with Gasteiger partial charge in [-0.3, -0.25) is 4.79 Å². The summed E-state index contributed by atoms with van der Waals surface area (Å²) in [7, 11) is 1.78. The normalized spacial score (nSPS) is 21.1. The number of hydrogen-bond donors (Lipinski definition) is 1. The molecular formula is C11H18N4OS. The molecule has 1 N–H and O–H groups in total. The molecule has 1 aliphatic heterocycles. The Morgan fingerprint density at radius 2 is 2.24 bits per heavy atom. The Morgan fingerprint density at radius 3 is 2.94 bits per heavy atom. The Balaban J connectivity index is 2.12. The first-order chi connectivity index (χ1) is 8.22. The topological polar surface area (TPSA) is 58.1 Å². The fourth-order valence-electron chi connectivity index (χ4n) is 2.11. The second kappa shape index (κ2) is 5.44. The van der Waals surface area contributed by atoms with Crippen molar-refractivity contribution in [1.82, 2.24) is 15.1 Å². The quantitative estimate of drug-likeness (QED) is 0.876. The third-order valence-electron chi connectivity index (χ3n) is 3.14. The molecule has 0 spiro atoms. The summed E-state index contributed by atoms with van der Waals surface area (Å²) in [6.07, 6.45) is 4.60. The minimum atomic E-state index is 0.0263. The van der Waals surface area contributed by atoms with Crippen LogP contribution in [0.4, 0.5) is 5.13 Å². The molecule has 1 aromatic rings. The third kappa shape index (κ3) is 2.74. The van der Waals surface area contributed by atoms with Gasteiger partial charge in [0.2, 0.25) is 10.1 Å². The summed E-state index contributed by atoms with van der Waals surface area (Å²) >= 11 is 1.32. The van der Waals surface area contributed by atoms with Crippen LogP contribution in [0.25, 0.3) is 0 Å². The van der Waals surface area contributed by atoms with E-state index in [0.29, 0.717) is 16.2 Å². The zero-order valence-corrected chi connectivity index (χ0v) is 11.1. The molecule has 1 amide bonds. The molecule has 1 fully saturated rings. The maximum Gasteiger partial charge on any atom is 0.285 e. The monoisotopic (exact) mass is 254 g/mol. The average molecular weight is 254 g/mol. The lowest BCUT2D eigenvalue weighted by atomic mass is 10.1. The zero-order valence-electron chi connectivity index (χ0n) is 10.3. The van der Waals surface area contributed by atoms with Crippen molar-refractivity contribution >= 4 is 22.4 Å². The van der Waals surface area contributed by atoms with E-state index in [1.165, 1.54) is 24.2 Å². The summed E-state index contributed by atoms with van der Waals surface area (Å²) in [6, 6.07) is 0.312. The summed E-state index contributed by atoms with van der Waals surface area (Å²) < 4.78 is 0. The van der Waals surface area contributed by atoms with Gasteiger partial charge in [-0.05, 0) is 19.8 Å². The maximum absolute atomic E-state index is 12.3. The minimum absolute atomic E-state index is 0.0263. The number of nitrogens with zero attached hydrogens (tertiary/aromatic N) is 3. The third-order valence-corrected chi connectivity index (χ3v) is 4.06. The standard InChI is InChI=1S/C11H18N4OS/c1-8-6-4-3-5-7-15(8)10(16)9-13-14-11(12-2)17-9/h8H,3-7H2,1-2H3,(H,12,14). The summed E-state index contributed by atoms with van der Waals surface area (Å²) in [5.41, 5.74) is 0. The van der Waals surface area contributed by atoms with Gasteiger partial charge in [0, 0.05) is 19.6 Å². The summed E-state index contributed by atoms with van der Waals surface area (Å²) in [6.45, 7) is 2.96. The van der Waals surface area contributed by atoms with Crippen molar-refractivity contribution in [1.29, 1.82) is 0 Å². The SMILES string of the molecule is CNc1nnc(C(=O)N2CCCCCC2C)s1. The van der Waals surface area contributed by atoms with Gasteiger partial charge in [-0.2, -0.15) is 0 Å². The molecule has 0 radical (unpaired) electrons. The largest absolute Gasteiger partial charge is 0.363 e. The zero-order chi connectivity index (χ0) is 12.3. The molecule has 2 rings (SSSR count). The van der Waals surface area contributed by atoms with Gasteiger partial charge >= 0.3 is 0 Å². The van der Waals surface area contributed by atoms with Crippen LogP contribution in [-0.4, -0.2) is 40.6 Å². The number of anilines is 1. The average Bonchev–Trinajstić information content (AvgIpc) is 2.71. The van der Waals surface area contributed by atoms with E-state index >= 15 is 0 Å². The fourth-order valence-corrected chi connectivity index (χ4v) is 2.76. The fraction of sp³-hybridized carbons (Fsp3) is 0.727. The number of aromatic nitrogens is 2. The highest BCUT2D eigenvalue weighted by atomic mass is 32.1. The van der Waals surface area contributed by atoms with E-state index in [1.807, 2.05) is 4.90 Å². The van der Waals surface area contributed by atoms with Gasteiger partial charge in [0.05, 0.1) is 0 Å². The molecule has 6 heteroatoms. The van der Waals surface area contributed by atoms with E-state index in [4.69, 9.17) is 0 Å². The molecule has 94 valence electrons. The number of amides is 1. The van der Waals surface area contributed by atoms with Crippen molar-refractivity contribution in [3.63, 3.8) is 0 Å². The van der Waals surface area contributed by atoms with E-state index < -0.39 is 0 Å². The second-order valence-corrected chi connectivity index (χ2v) is 5.34. The van der Waals surface area contributed by atoms with Crippen LogP contribution in [0.15, 0.2) is 0 Å². The first-order valence-corrected chi connectivity index (χ1v) is 6.86. The van der Waals surface area contributed by atoms with Crippen LogP contribution in [0.3, 0.4) is 0 Å². The lowest BCUT2D eigenvalue weighted by Gasteiger charge is -2.25. The highest BCUT2D eigenvalue weighted by Gasteiger charge is 2.25.